The normalized spacial score (nSPS) is 19.2. The Kier molecular flexibility index (Phi) is 5.28. The van der Waals surface area contributed by atoms with E-state index in [1.165, 1.54) is 0 Å². The summed E-state index contributed by atoms with van der Waals surface area (Å²) in [5, 5.41) is 3.08. The van der Waals surface area contributed by atoms with Crippen LogP contribution in [0.15, 0.2) is 18.2 Å². The van der Waals surface area contributed by atoms with Crippen molar-refractivity contribution in [3.63, 3.8) is 0 Å². The summed E-state index contributed by atoms with van der Waals surface area (Å²) in [7, 11) is 0. The number of fused-ring (bicyclic) bond motifs is 1. The molecule has 1 amide bonds. The zero-order valence-electron chi connectivity index (χ0n) is 12.2. The topological polar surface area (TPSA) is 64.3 Å². The molecule has 0 saturated heterocycles. The molecule has 1 unspecified atom stereocenters. The molecule has 1 atom stereocenters. The fourth-order valence-corrected chi connectivity index (χ4v) is 2.50. The summed E-state index contributed by atoms with van der Waals surface area (Å²) in [4.78, 5) is 11.8. The molecule has 1 aliphatic heterocycles. The number of amides is 1. The van der Waals surface area contributed by atoms with Crippen molar-refractivity contribution in [2.24, 2.45) is 0 Å². The second kappa shape index (κ2) is 6.35. The minimum Gasteiger partial charge on any atom is -0.487 e. The van der Waals surface area contributed by atoms with E-state index in [0.29, 0.717) is 12.1 Å². The fraction of sp³-hybridized carbons (Fsp3) is 0.533. The first-order valence-electron chi connectivity index (χ1n) is 6.79. The number of nitrogens with two attached hydrogens (primary N) is 1. The molecule has 0 radical (unpaired) electrons. The summed E-state index contributed by atoms with van der Waals surface area (Å²) < 4.78 is 5.94. The van der Waals surface area contributed by atoms with Crippen molar-refractivity contribution in [3.8, 4) is 5.75 Å². The van der Waals surface area contributed by atoms with Gasteiger partial charge in [-0.1, -0.05) is 6.92 Å². The third-order valence-electron chi connectivity index (χ3n) is 3.30. The molecule has 2 rings (SSSR count). The standard InChI is InChI=1S/C15H22N2O2.ClH/c1-4-5-14(18)17-12-9-15(2,3)19-13-7-6-10(16)8-11(12)13;/h6-8,12H,4-5,9,16H2,1-3H3,(H,17,18);1H. The predicted octanol–water partition coefficient (Wildman–Crippen LogP) is 3.21. The number of hydrogen-bond donors (Lipinski definition) is 2. The first-order chi connectivity index (χ1) is 8.91. The van der Waals surface area contributed by atoms with E-state index in [0.717, 1.165) is 24.2 Å². The average Bonchev–Trinajstić information content (AvgIpc) is 2.29. The molecule has 0 aliphatic carbocycles. The molecule has 0 bridgehead atoms. The highest BCUT2D eigenvalue weighted by molar-refractivity contribution is 5.85. The molecule has 0 aromatic heterocycles. The van der Waals surface area contributed by atoms with Crippen molar-refractivity contribution in [3.05, 3.63) is 23.8 Å². The number of rotatable bonds is 3. The van der Waals surface area contributed by atoms with Crippen LogP contribution in [0, 0.1) is 0 Å². The number of hydrogen-bond acceptors (Lipinski definition) is 3. The minimum atomic E-state index is -0.284. The molecule has 0 spiro atoms. The van der Waals surface area contributed by atoms with Crippen LogP contribution in [0.25, 0.3) is 0 Å². The molecule has 0 saturated carbocycles. The molecule has 1 aromatic rings. The van der Waals surface area contributed by atoms with Crippen molar-refractivity contribution >= 4 is 24.0 Å². The van der Waals surface area contributed by atoms with E-state index >= 15 is 0 Å². The van der Waals surface area contributed by atoms with Gasteiger partial charge in [-0.15, -0.1) is 12.4 Å². The molecule has 0 fully saturated rings. The molecular formula is C15H23ClN2O2. The van der Waals surface area contributed by atoms with Gasteiger partial charge >= 0.3 is 0 Å². The molecule has 3 N–H and O–H groups in total. The minimum absolute atomic E-state index is 0. The predicted molar refractivity (Wildman–Crippen MR) is 83.2 cm³/mol. The number of carbonyl (C=O) groups excluding carboxylic acids is 1. The van der Waals surface area contributed by atoms with E-state index in [-0.39, 0.29) is 30.0 Å². The van der Waals surface area contributed by atoms with Crippen molar-refractivity contribution in [2.75, 3.05) is 5.73 Å². The van der Waals surface area contributed by atoms with Gasteiger partial charge in [0.05, 0.1) is 6.04 Å². The molecule has 20 heavy (non-hydrogen) atoms. The van der Waals surface area contributed by atoms with Crippen molar-refractivity contribution in [2.45, 2.75) is 51.7 Å². The van der Waals surface area contributed by atoms with Crippen molar-refractivity contribution in [1.29, 1.82) is 0 Å². The second-order valence-corrected chi connectivity index (χ2v) is 5.73. The van der Waals surface area contributed by atoms with Gasteiger partial charge in [-0.25, -0.2) is 0 Å². The first-order valence-corrected chi connectivity index (χ1v) is 6.79. The number of anilines is 1. The molecule has 5 heteroatoms. The van der Waals surface area contributed by atoms with Crippen LogP contribution >= 0.6 is 12.4 Å². The Hall–Kier alpha value is -1.42. The Morgan fingerprint density at radius 1 is 1.50 bits per heavy atom. The third-order valence-corrected chi connectivity index (χ3v) is 3.30. The zero-order chi connectivity index (χ0) is 14.0. The fourth-order valence-electron chi connectivity index (χ4n) is 2.50. The van der Waals surface area contributed by atoms with Gasteiger partial charge in [-0.2, -0.15) is 0 Å². The van der Waals surface area contributed by atoms with Crippen molar-refractivity contribution < 1.29 is 9.53 Å². The van der Waals surface area contributed by atoms with Crippen LogP contribution in [0.3, 0.4) is 0 Å². The Morgan fingerprint density at radius 2 is 2.20 bits per heavy atom. The van der Waals surface area contributed by atoms with E-state index in [1.807, 2.05) is 39.0 Å². The molecular weight excluding hydrogens is 276 g/mol. The number of nitrogen functional groups attached to an aromatic ring is 1. The number of nitrogens with one attached hydrogen (secondary N) is 1. The molecule has 1 aliphatic rings. The van der Waals surface area contributed by atoms with E-state index < -0.39 is 0 Å². The summed E-state index contributed by atoms with van der Waals surface area (Å²) in [6.45, 7) is 6.07. The molecule has 112 valence electrons. The van der Waals surface area contributed by atoms with Crippen LogP contribution in [0.4, 0.5) is 5.69 Å². The summed E-state index contributed by atoms with van der Waals surface area (Å²) >= 11 is 0. The molecule has 4 nitrogen and oxygen atoms in total. The number of carbonyl (C=O) groups is 1. The number of ether oxygens (including phenoxy) is 1. The Morgan fingerprint density at radius 3 is 2.85 bits per heavy atom. The van der Waals surface area contributed by atoms with Crippen LogP contribution in [0.5, 0.6) is 5.75 Å². The SMILES string of the molecule is CCCC(=O)NC1CC(C)(C)Oc2ccc(N)cc21.Cl. The summed E-state index contributed by atoms with van der Waals surface area (Å²) in [5.74, 6) is 0.894. The van der Waals surface area contributed by atoms with Crippen molar-refractivity contribution in [1.82, 2.24) is 5.32 Å². The van der Waals surface area contributed by atoms with Crippen LogP contribution in [0.2, 0.25) is 0 Å². The number of benzene rings is 1. The van der Waals surface area contributed by atoms with Gasteiger partial charge in [-0.3, -0.25) is 4.79 Å². The molecule has 1 heterocycles. The van der Waals surface area contributed by atoms with Crippen LogP contribution in [-0.4, -0.2) is 11.5 Å². The van der Waals surface area contributed by atoms with Gasteiger partial charge < -0.3 is 15.8 Å². The maximum absolute atomic E-state index is 11.8. The van der Waals surface area contributed by atoms with Gasteiger partial charge in [0.2, 0.25) is 5.91 Å². The smallest absolute Gasteiger partial charge is 0.220 e. The molecule has 1 aromatic carbocycles. The zero-order valence-corrected chi connectivity index (χ0v) is 13.0. The van der Waals surface area contributed by atoms with Gasteiger partial charge in [0, 0.05) is 24.1 Å². The van der Waals surface area contributed by atoms with Gasteiger partial charge in [-0.05, 0) is 38.5 Å². The largest absolute Gasteiger partial charge is 0.487 e. The Bertz CT molecular complexity index is 489. The third kappa shape index (κ3) is 3.79. The quantitative estimate of drug-likeness (QED) is 0.842. The van der Waals surface area contributed by atoms with Crippen LogP contribution in [0.1, 0.15) is 51.6 Å². The van der Waals surface area contributed by atoms with Crippen LogP contribution < -0.4 is 15.8 Å². The summed E-state index contributed by atoms with van der Waals surface area (Å²) in [5.41, 5.74) is 7.22. The van der Waals surface area contributed by atoms with E-state index in [1.54, 1.807) is 0 Å². The number of halogens is 1. The van der Waals surface area contributed by atoms with E-state index in [2.05, 4.69) is 5.32 Å². The van der Waals surface area contributed by atoms with E-state index in [4.69, 9.17) is 10.5 Å². The van der Waals surface area contributed by atoms with E-state index in [9.17, 15) is 4.79 Å². The lowest BCUT2D eigenvalue weighted by Gasteiger charge is -2.38. The lowest BCUT2D eigenvalue weighted by atomic mass is 9.89. The van der Waals surface area contributed by atoms with Gasteiger partial charge in [0.1, 0.15) is 11.4 Å². The highest BCUT2D eigenvalue weighted by Crippen LogP contribution is 2.40. The lowest BCUT2D eigenvalue weighted by Crippen LogP contribution is -2.41. The van der Waals surface area contributed by atoms with Gasteiger partial charge in [0.15, 0.2) is 0 Å². The monoisotopic (exact) mass is 298 g/mol. The van der Waals surface area contributed by atoms with Crippen LogP contribution in [-0.2, 0) is 4.79 Å². The Labute approximate surface area is 126 Å². The average molecular weight is 299 g/mol. The Balaban J connectivity index is 0.00000200. The van der Waals surface area contributed by atoms with Gasteiger partial charge in [0.25, 0.3) is 0 Å². The maximum atomic E-state index is 11.8. The maximum Gasteiger partial charge on any atom is 0.220 e. The first kappa shape index (κ1) is 16.6. The highest BCUT2D eigenvalue weighted by Gasteiger charge is 2.34. The second-order valence-electron chi connectivity index (χ2n) is 5.73. The summed E-state index contributed by atoms with van der Waals surface area (Å²) in [6, 6.07) is 5.57. The highest BCUT2D eigenvalue weighted by atomic mass is 35.5. The summed E-state index contributed by atoms with van der Waals surface area (Å²) in [6.07, 6.45) is 2.15. The lowest BCUT2D eigenvalue weighted by molar-refractivity contribution is -0.122.